The molecule has 0 N–H and O–H groups in total. The van der Waals surface area contributed by atoms with E-state index in [1.807, 2.05) is 0 Å². The Morgan fingerprint density at radius 2 is 2.06 bits per heavy atom. The average Bonchev–Trinajstić information content (AvgIpc) is 2.29. The molecule has 94 valence electrons. The smallest absolute Gasteiger partial charge is 0.330 e. The number of esters is 1. The van der Waals surface area contributed by atoms with Crippen LogP contribution in [-0.2, 0) is 19.1 Å². The van der Waals surface area contributed by atoms with Gasteiger partial charge in [0.05, 0.1) is 6.61 Å². The van der Waals surface area contributed by atoms with Gasteiger partial charge >= 0.3 is 17.8 Å². The van der Waals surface area contributed by atoms with Crippen molar-refractivity contribution in [3.05, 3.63) is 12.2 Å². The van der Waals surface area contributed by atoms with Crippen LogP contribution >= 0.6 is 0 Å². The molecule has 6 nitrogen and oxygen atoms in total. The van der Waals surface area contributed by atoms with Gasteiger partial charge in [-0.25, -0.2) is 4.79 Å². The molecular weight excluding hydrogens is 224 g/mol. The molecule has 0 aromatic rings. The summed E-state index contributed by atoms with van der Waals surface area (Å²) in [5.74, 6) is -1.49. The molecule has 1 fully saturated rings. The zero-order valence-corrected chi connectivity index (χ0v) is 10.0. The molecule has 0 bridgehead atoms. The van der Waals surface area contributed by atoms with Crippen molar-refractivity contribution in [2.45, 2.75) is 6.92 Å². The predicted octanol–water partition coefficient (Wildman–Crippen LogP) is -0.594. The van der Waals surface area contributed by atoms with Crippen LogP contribution in [0.25, 0.3) is 0 Å². The third-order valence-corrected chi connectivity index (χ3v) is 2.39. The minimum Gasteiger partial charge on any atom is -0.463 e. The largest absolute Gasteiger partial charge is 0.463 e. The first kappa shape index (κ1) is 13.2. The molecule has 6 heteroatoms. The summed E-state index contributed by atoms with van der Waals surface area (Å²) in [5.41, 5.74) is 0. The summed E-state index contributed by atoms with van der Waals surface area (Å²) < 4.78 is 4.69. The van der Waals surface area contributed by atoms with Crippen molar-refractivity contribution in [3.8, 4) is 0 Å². The van der Waals surface area contributed by atoms with Gasteiger partial charge in [-0.2, -0.15) is 0 Å². The van der Waals surface area contributed by atoms with Crippen LogP contribution in [-0.4, -0.2) is 60.9 Å². The number of carbonyl (C=O) groups is 3. The van der Waals surface area contributed by atoms with Crippen molar-refractivity contribution in [1.82, 2.24) is 9.80 Å². The summed E-state index contributed by atoms with van der Waals surface area (Å²) in [6.07, 6.45) is 2.79. The van der Waals surface area contributed by atoms with E-state index in [1.165, 1.54) is 22.0 Å². The van der Waals surface area contributed by atoms with Crippen LogP contribution in [0.5, 0.6) is 0 Å². The Hall–Kier alpha value is -1.85. The van der Waals surface area contributed by atoms with Gasteiger partial charge in [-0.05, 0) is 6.92 Å². The minimum absolute atomic E-state index is 0.247. The molecule has 1 heterocycles. The van der Waals surface area contributed by atoms with Crippen molar-refractivity contribution in [2.75, 3.05) is 33.3 Å². The van der Waals surface area contributed by atoms with Gasteiger partial charge in [0.25, 0.3) is 0 Å². The second kappa shape index (κ2) is 6.03. The number of nitrogens with zero attached hydrogens (tertiary/aromatic N) is 2. The second-order valence-corrected chi connectivity index (χ2v) is 3.63. The topological polar surface area (TPSA) is 66.9 Å². The molecule has 0 unspecified atom stereocenters. The Morgan fingerprint density at radius 3 is 2.71 bits per heavy atom. The Bertz CT molecular complexity index is 351. The maximum Gasteiger partial charge on any atom is 0.330 e. The van der Waals surface area contributed by atoms with Crippen molar-refractivity contribution >= 4 is 17.8 Å². The van der Waals surface area contributed by atoms with E-state index in [-0.39, 0.29) is 6.54 Å². The summed E-state index contributed by atoms with van der Waals surface area (Å²) >= 11 is 0. The lowest BCUT2D eigenvalue weighted by molar-refractivity contribution is -0.154. The summed E-state index contributed by atoms with van der Waals surface area (Å²) in [6, 6.07) is 0. The molecule has 1 rings (SSSR count). The summed E-state index contributed by atoms with van der Waals surface area (Å²) in [5, 5.41) is 0. The number of rotatable bonds is 4. The summed E-state index contributed by atoms with van der Waals surface area (Å²) in [4.78, 5) is 36.7. The van der Waals surface area contributed by atoms with Gasteiger partial charge in [0, 0.05) is 32.8 Å². The van der Waals surface area contributed by atoms with Crippen molar-refractivity contribution in [3.63, 3.8) is 0 Å². The molecule has 0 aromatic heterocycles. The third kappa shape index (κ3) is 3.58. The molecule has 0 saturated carbocycles. The number of piperazine rings is 1. The fourth-order valence-corrected chi connectivity index (χ4v) is 1.41. The van der Waals surface area contributed by atoms with E-state index in [0.717, 1.165) is 0 Å². The number of carbonyl (C=O) groups excluding carboxylic acids is 3. The van der Waals surface area contributed by atoms with Crippen molar-refractivity contribution in [1.29, 1.82) is 0 Å². The van der Waals surface area contributed by atoms with E-state index in [4.69, 9.17) is 4.74 Å². The predicted molar refractivity (Wildman–Crippen MR) is 60.0 cm³/mol. The second-order valence-electron chi connectivity index (χ2n) is 3.63. The fraction of sp³-hybridized carbons (Fsp3) is 0.545. The monoisotopic (exact) mass is 240 g/mol. The lowest BCUT2D eigenvalue weighted by Gasteiger charge is -2.30. The van der Waals surface area contributed by atoms with Gasteiger partial charge in [-0.1, -0.05) is 6.08 Å². The maximum absolute atomic E-state index is 11.5. The molecule has 0 spiro atoms. The Kier molecular flexibility index (Phi) is 4.68. The first-order valence-electron chi connectivity index (χ1n) is 5.44. The van der Waals surface area contributed by atoms with Crippen LogP contribution in [0.4, 0.5) is 0 Å². The molecule has 0 atom stereocenters. The number of ether oxygens (including phenoxy) is 1. The third-order valence-electron chi connectivity index (χ3n) is 2.39. The number of hydrogen-bond donors (Lipinski definition) is 0. The highest BCUT2D eigenvalue weighted by Gasteiger charge is 2.29. The lowest BCUT2D eigenvalue weighted by atomic mass is 10.3. The maximum atomic E-state index is 11.5. The fourth-order valence-electron chi connectivity index (χ4n) is 1.41. The highest BCUT2D eigenvalue weighted by molar-refractivity contribution is 6.35. The van der Waals surface area contributed by atoms with E-state index >= 15 is 0 Å². The number of amides is 2. The standard InChI is InChI=1S/C11H16N2O4/c1-3-17-9(14)5-4-6-13-8-7-12(2)10(15)11(13)16/h4-5H,3,6-8H2,1-2H3/b5-4+. The van der Waals surface area contributed by atoms with Crippen LogP contribution in [0.1, 0.15) is 6.92 Å². The van der Waals surface area contributed by atoms with Crippen LogP contribution < -0.4 is 0 Å². The molecule has 0 radical (unpaired) electrons. The van der Waals surface area contributed by atoms with Crippen LogP contribution in [0.15, 0.2) is 12.2 Å². The van der Waals surface area contributed by atoms with Crippen LogP contribution in [0.2, 0.25) is 0 Å². The van der Waals surface area contributed by atoms with E-state index in [1.54, 1.807) is 14.0 Å². The zero-order valence-electron chi connectivity index (χ0n) is 10.0. The average molecular weight is 240 g/mol. The number of likely N-dealkylation sites (N-methyl/N-ethyl adjacent to an activating group) is 1. The zero-order chi connectivity index (χ0) is 12.8. The van der Waals surface area contributed by atoms with Gasteiger partial charge in [-0.15, -0.1) is 0 Å². The molecular formula is C11H16N2O4. The molecule has 1 aliphatic rings. The van der Waals surface area contributed by atoms with E-state index in [0.29, 0.717) is 19.7 Å². The van der Waals surface area contributed by atoms with Gasteiger partial charge in [0.15, 0.2) is 0 Å². The lowest BCUT2D eigenvalue weighted by Crippen LogP contribution is -2.52. The first-order chi connectivity index (χ1) is 8.06. The Labute approximate surface area is 99.8 Å². The van der Waals surface area contributed by atoms with Crippen LogP contribution in [0.3, 0.4) is 0 Å². The van der Waals surface area contributed by atoms with Crippen LogP contribution in [0, 0.1) is 0 Å². The highest BCUT2D eigenvalue weighted by atomic mass is 16.5. The molecule has 1 aliphatic heterocycles. The van der Waals surface area contributed by atoms with E-state index in [9.17, 15) is 14.4 Å². The number of hydrogen-bond acceptors (Lipinski definition) is 4. The van der Waals surface area contributed by atoms with Gasteiger partial charge in [0.2, 0.25) is 0 Å². The van der Waals surface area contributed by atoms with E-state index in [2.05, 4.69) is 0 Å². The van der Waals surface area contributed by atoms with Gasteiger partial charge in [-0.3, -0.25) is 9.59 Å². The van der Waals surface area contributed by atoms with E-state index < -0.39 is 17.8 Å². The minimum atomic E-state index is -0.535. The molecule has 17 heavy (non-hydrogen) atoms. The Balaban J connectivity index is 2.45. The highest BCUT2D eigenvalue weighted by Crippen LogP contribution is 2.02. The summed E-state index contributed by atoms with van der Waals surface area (Å²) in [7, 11) is 1.59. The summed E-state index contributed by atoms with van der Waals surface area (Å²) in [6.45, 7) is 3.27. The van der Waals surface area contributed by atoms with Gasteiger partial charge < -0.3 is 14.5 Å². The SMILES string of the molecule is CCOC(=O)/C=C/CN1CCN(C)C(=O)C1=O. The molecule has 1 saturated heterocycles. The molecule has 0 aromatic carbocycles. The first-order valence-corrected chi connectivity index (χ1v) is 5.44. The molecule has 0 aliphatic carbocycles. The molecule has 2 amide bonds. The Morgan fingerprint density at radius 1 is 1.35 bits per heavy atom. The normalized spacial score (nSPS) is 16.8. The quantitative estimate of drug-likeness (QED) is 0.374. The van der Waals surface area contributed by atoms with Crippen molar-refractivity contribution in [2.24, 2.45) is 0 Å². The van der Waals surface area contributed by atoms with Gasteiger partial charge in [0.1, 0.15) is 0 Å². The van der Waals surface area contributed by atoms with Crippen molar-refractivity contribution < 1.29 is 19.1 Å².